The molecule has 0 saturated heterocycles. The van der Waals surface area contributed by atoms with Crippen LogP contribution in [-0.2, 0) is 9.59 Å². The molecule has 0 aliphatic carbocycles. The van der Waals surface area contributed by atoms with Crippen molar-refractivity contribution in [2.24, 2.45) is 0 Å². The van der Waals surface area contributed by atoms with Crippen LogP contribution in [0.25, 0.3) is 0 Å². The van der Waals surface area contributed by atoms with E-state index in [9.17, 15) is 9.59 Å². The first kappa shape index (κ1) is 12.9. The molecule has 0 atom stereocenters. The minimum absolute atomic E-state index is 0.468. The zero-order valence-corrected chi connectivity index (χ0v) is 10.6. The summed E-state index contributed by atoms with van der Waals surface area (Å²) in [6, 6.07) is 0. The van der Waals surface area contributed by atoms with Crippen LogP contribution in [0.2, 0.25) is 0 Å². The van der Waals surface area contributed by atoms with Crippen LogP contribution < -0.4 is 4.84 Å². The van der Waals surface area contributed by atoms with E-state index in [1.54, 1.807) is 26.5 Å². The van der Waals surface area contributed by atoms with E-state index in [2.05, 4.69) is 0 Å². The Morgan fingerprint density at radius 1 is 1.31 bits per heavy atom. The Morgan fingerprint density at radius 2 is 1.75 bits per heavy atom. The van der Waals surface area contributed by atoms with E-state index in [0.717, 1.165) is 4.42 Å². The molecular formula is C8H12Cl2N4O2. The van der Waals surface area contributed by atoms with Gasteiger partial charge in [-0.15, -0.1) is 0 Å². The lowest BCUT2D eigenvalue weighted by Gasteiger charge is -2.43. The number of carbonyl (C=O) groups excluding carboxylic acids is 2. The minimum atomic E-state index is -1.48. The smallest absolute Gasteiger partial charge is 0.304 e. The van der Waals surface area contributed by atoms with Gasteiger partial charge in [0.1, 0.15) is 0 Å². The summed E-state index contributed by atoms with van der Waals surface area (Å²) in [5, 5.41) is 0. The molecule has 1 N–H and O–H groups in total. The largest absolute Gasteiger partial charge is 0.331 e. The molecule has 2 amide bonds. The van der Waals surface area contributed by atoms with Gasteiger partial charge in [0.05, 0.1) is 0 Å². The average molecular weight is 267 g/mol. The molecule has 0 aromatic rings. The number of amides is 2. The maximum atomic E-state index is 11.9. The quantitative estimate of drug-likeness (QED) is 0.729. The number of hydrogen-bond acceptors (Lipinski definition) is 4. The molecule has 0 radical (unpaired) electrons. The fourth-order valence-electron chi connectivity index (χ4n) is 1.63. The molecule has 0 saturated carbocycles. The lowest BCUT2D eigenvalue weighted by atomic mass is 10.2. The van der Waals surface area contributed by atoms with E-state index >= 15 is 0 Å². The van der Waals surface area contributed by atoms with Crippen LogP contribution in [0, 0.1) is 0 Å². The summed E-state index contributed by atoms with van der Waals surface area (Å²) in [4.78, 5) is 28.1. The second kappa shape index (κ2) is 4.39. The van der Waals surface area contributed by atoms with E-state index in [0.29, 0.717) is 0 Å². The highest BCUT2D eigenvalue weighted by atomic mass is 35.5. The number of nitrogens with zero attached hydrogens (tertiary/aromatic N) is 3. The van der Waals surface area contributed by atoms with Crippen LogP contribution in [0.5, 0.6) is 0 Å². The van der Waals surface area contributed by atoms with Crippen LogP contribution in [-0.4, -0.2) is 45.9 Å². The first-order valence-corrected chi connectivity index (χ1v) is 5.12. The molecule has 90 valence electrons. The van der Waals surface area contributed by atoms with Crippen molar-refractivity contribution in [3.05, 3.63) is 12.4 Å². The fourth-order valence-corrected chi connectivity index (χ4v) is 2.07. The standard InChI is InChI=1S/C8H12Cl2N4O2/c1-6(15)14(10)8(7(16)11-9)12(2)4-5-13(8)3/h4-5H,1-3H3,(H,11,16). The van der Waals surface area contributed by atoms with Gasteiger partial charge in [0, 0.05) is 57.0 Å². The fraction of sp³-hybridized carbons (Fsp3) is 0.500. The summed E-state index contributed by atoms with van der Waals surface area (Å²) in [6.07, 6.45) is 3.23. The molecule has 8 heteroatoms. The molecule has 1 aliphatic heterocycles. The van der Waals surface area contributed by atoms with Crippen molar-refractivity contribution < 1.29 is 9.59 Å². The van der Waals surface area contributed by atoms with Crippen LogP contribution in [0.4, 0.5) is 0 Å². The van der Waals surface area contributed by atoms with Gasteiger partial charge >= 0.3 is 5.91 Å². The maximum absolute atomic E-state index is 11.9. The monoisotopic (exact) mass is 266 g/mol. The summed E-state index contributed by atoms with van der Waals surface area (Å²) < 4.78 is 0.796. The summed E-state index contributed by atoms with van der Waals surface area (Å²) in [5.41, 5.74) is 0. The van der Waals surface area contributed by atoms with Gasteiger partial charge in [-0.05, 0) is 0 Å². The highest BCUT2D eigenvalue weighted by Gasteiger charge is 2.53. The van der Waals surface area contributed by atoms with Gasteiger partial charge in [-0.1, -0.05) is 0 Å². The van der Waals surface area contributed by atoms with Crippen molar-refractivity contribution >= 4 is 35.4 Å². The highest BCUT2D eigenvalue weighted by molar-refractivity contribution is 6.26. The van der Waals surface area contributed by atoms with Crippen LogP contribution in [0.1, 0.15) is 6.92 Å². The zero-order chi connectivity index (χ0) is 12.5. The van der Waals surface area contributed by atoms with Crippen molar-refractivity contribution in [3.8, 4) is 0 Å². The van der Waals surface area contributed by atoms with E-state index in [1.807, 2.05) is 4.84 Å². The summed E-state index contributed by atoms with van der Waals surface area (Å²) in [6.45, 7) is 1.26. The van der Waals surface area contributed by atoms with Gasteiger partial charge in [-0.3, -0.25) is 14.4 Å². The summed E-state index contributed by atoms with van der Waals surface area (Å²) in [7, 11) is 3.23. The van der Waals surface area contributed by atoms with Crippen LogP contribution in [0.15, 0.2) is 12.4 Å². The lowest BCUT2D eigenvalue weighted by Crippen LogP contribution is -2.68. The predicted molar refractivity (Wildman–Crippen MR) is 59.8 cm³/mol. The van der Waals surface area contributed by atoms with E-state index < -0.39 is 17.6 Å². The van der Waals surface area contributed by atoms with Crippen LogP contribution >= 0.6 is 23.6 Å². The minimum Gasteiger partial charge on any atom is -0.331 e. The molecule has 0 aromatic heterocycles. The Balaban J connectivity index is 3.23. The van der Waals surface area contributed by atoms with Gasteiger partial charge in [0.15, 0.2) is 0 Å². The lowest BCUT2D eigenvalue weighted by molar-refractivity contribution is -0.157. The molecule has 16 heavy (non-hydrogen) atoms. The number of likely N-dealkylation sites (N-methyl/N-ethyl adjacent to an activating group) is 2. The number of nitrogens with one attached hydrogen (secondary N) is 1. The third-order valence-electron chi connectivity index (χ3n) is 2.44. The third kappa shape index (κ3) is 1.58. The molecule has 1 rings (SSSR count). The second-order valence-electron chi connectivity index (χ2n) is 3.38. The number of rotatable bonds is 2. The van der Waals surface area contributed by atoms with E-state index in [-0.39, 0.29) is 0 Å². The van der Waals surface area contributed by atoms with Crippen molar-refractivity contribution in [2.45, 2.75) is 12.7 Å². The molecule has 0 aromatic carbocycles. The molecule has 1 heterocycles. The Hall–Kier alpha value is -1.14. The summed E-state index contributed by atoms with van der Waals surface area (Å²) >= 11 is 11.2. The van der Waals surface area contributed by atoms with E-state index in [4.69, 9.17) is 23.6 Å². The SMILES string of the molecule is CC(=O)N(Cl)C1(C(=O)NCl)N(C)C=CN1C. The molecule has 6 nitrogen and oxygen atoms in total. The van der Waals surface area contributed by atoms with Gasteiger partial charge in [-0.25, -0.2) is 4.42 Å². The first-order chi connectivity index (χ1) is 7.38. The molecule has 0 bridgehead atoms. The van der Waals surface area contributed by atoms with Gasteiger partial charge in [0.25, 0.3) is 5.79 Å². The van der Waals surface area contributed by atoms with Crippen molar-refractivity contribution in [1.82, 2.24) is 19.1 Å². The molecule has 0 spiro atoms. The topological polar surface area (TPSA) is 55.9 Å². The van der Waals surface area contributed by atoms with Gasteiger partial charge in [0.2, 0.25) is 5.91 Å². The van der Waals surface area contributed by atoms with Crippen molar-refractivity contribution in [2.75, 3.05) is 14.1 Å². The van der Waals surface area contributed by atoms with E-state index in [1.165, 1.54) is 16.7 Å². The average Bonchev–Trinajstić information content (AvgIpc) is 2.54. The second-order valence-corrected chi connectivity index (χ2v) is 3.91. The molecular weight excluding hydrogens is 255 g/mol. The van der Waals surface area contributed by atoms with Gasteiger partial charge in [-0.2, -0.15) is 0 Å². The normalized spacial score (nSPS) is 17.6. The Morgan fingerprint density at radius 3 is 2.06 bits per heavy atom. The van der Waals surface area contributed by atoms with Crippen molar-refractivity contribution in [3.63, 3.8) is 0 Å². The highest BCUT2D eigenvalue weighted by Crippen LogP contribution is 2.31. The number of hydrogen-bond donors (Lipinski definition) is 1. The number of carbonyl (C=O) groups is 2. The molecule has 0 unspecified atom stereocenters. The van der Waals surface area contributed by atoms with Gasteiger partial charge < -0.3 is 9.80 Å². The Kier molecular flexibility index (Phi) is 3.54. The number of halogens is 2. The predicted octanol–water partition coefficient (Wildman–Crippen LogP) is 0.261. The Bertz CT molecular complexity index is 335. The zero-order valence-electron chi connectivity index (χ0n) is 9.07. The Labute approximate surface area is 104 Å². The third-order valence-corrected chi connectivity index (χ3v) is 3.08. The molecule has 0 fully saturated rings. The maximum Gasteiger partial charge on any atom is 0.304 e. The van der Waals surface area contributed by atoms with Crippen LogP contribution in [0.3, 0.4) is 0 Å². The first-order valence-electron chi connectivity index (χ1n) is 4.40. The van der Waals surface area contributed by atoms with Crippen molar-refractivity contribution in [1.29, 1.82) is 0 Å². The molecule has 1 aliphatic rings. The summed E-state index contributed by atoms with van der Waals surface area (Å²) in [5.74, 6) is -2.56.